The number of halogens is 1. The van der Waals surface area contributed by atoms with E-state index >= 15 is 0 Å². The van der Waals surface area contributed by atoms with Crippen molar-refractivity contribution in [1.29, 1.82) is 0 Å². The largest absolute Gasteiger partial charge is 0.313 e. The van der Waals surface area contributed by atoms with E-state index in [1.165, 1.54) is 29.2 Å². The van der Waals surface area contributed by atoms with Crippen molar-refractivity contribution < 1.29 is 12.8 Å². The fourth-order valence-corrected chi connectivity index (χ4v) is 3.04. The summed E-state index contributed by atoms with van der Waals surface area (Å²) in [6, 6.07) is 5.94. The quantitative estimate of drug-likeness (QED) is 0.848. The Morgan fingerprint density at radius 3 is 2.75 bits per heavy atom. The third-order valence-electron chi connectivity index (χ3n) is 3.07. The summed E-state index contributed by atoms with van der Waals surface area (Å²) in [6.45, 7) is 1.22. The van der Waals surface area contributed by atoms with Crippen LogP contribution in [0.5, 0.6) is 0 Å². The van der Waals surface area contributed by atoms with Crippen LogP contribution in [0.25, 0.3) is 5.69 Å². The first kappa shape index (κ1) is 13.2. The SMILES string of the molecule is O=S(=O)(NC1CNC1)c1cnn(-c2ccccc2F)c1. The molecule has 1 aliphatic rings. The number of hydrogen-bond donors (Lipinski definition) is 2. The second kappa shape index (κ2) is 4.97. The smallest absolute Gasteiger partial charge is 0.244 e. The summed E-state index contributed by atoms with van der Waals surface area (Å²) in [6.07, 6.45) is 2.51. The fourth-order valence-electron chi connectivity index (χ4n) is 1.87. The van der Waals surface area contributed by atoms with Gasteiger partial charge in [-0.3, -0.25) is 0 Å². The van der Waals surface area contributed by atoms with E-state index in [0.29, 0.717) is 13.1 Å². The average molecular weight is 296 g/mol. The van der Waals surface area contributed by atoms with E-state index in [1.807, 2.05) is 0 Å². The molecule has 20 heavy (non-hydrogen) atoms. The summed E-state index contributed by atoms with van der Waals surface area (Å²) in [5, 5.41) is 6.88. The lowest BCUT2D eigenvalue weighted by molar-refractivity contribution is 0.410. The first-order chi connectivity index (χ1) is 9.56. The van der Waals surface area contributed by atoms with Gasteiger partial charge < -0.3 is 5.32 Å². The zero-order valence-electron chi connectivity index (χ0n) is 10.5. The normalized spacial score (nSPS) is 16.1. The van der Waals surface area contributed by atoms with Gasteiger partial charge in [0.15, 0.2) is 0 Å². The molecule has 2 N–H and O–H groups in total. The Balaban J connectivity index is 1.88. The van der Waals surface area contributed by atoms with E-state index in [1.54, 1.807) is 12.1 Å². The minimum Gasteiger partial charge on any atom is -0.313 e. The lowest BCUT2D eigenvalue weighted by Crippen LogP contribution is -2.56. The van der Waals surface area contributed by atoms with Crippen molar-refractivity contribution in [3.63, 3.8) is 0 Å². The summed E-state index contributed by atoms with van der Waals surface area (Å²) in [5.74, 6) is -0.462. The van der Waals surface area contributed by atoms with Gasteiger partial charge in [0.25, 0.3) is 0 Å². The molecular formula is C12H13FN4O2S. The van der Waals surface area contributed by atoms with Gasteiger partial charge in [0.05, 0.1) is 12.4 Å². The Morgan fingerprint density at radius 1 is 1.35 bits per heavy atom. The van der Waals surface area contributed by atoms with Gasteiger partial charge in [-0.05, 0) is 12.1 Å². The summed E-state index contributed by atoms with van der Waals surface area (Å²) in [7, 11) is -3.62. The molecule has 1 aliphatic heterocycles. The minimum atomic E-state index is -3.62. The maximum absolute atomic E-state index is 13.6. The minimum absolute atomic E-state index is 0.0210. The zero-order chi connectivity index (χ0) is 14.2. The third kappa shape index (κ3) is 2.45. The second-order valence-electron chi connectivity index (χ2n) is 4.55. The van der Waals surface area contributed by atoms with Crippen LogP contribution in [0, 0.1) is 5.82 Å². The van der Waals surface area contributed by atoms with E-state index in [0.717, 1.165) is 0 Å². The number of nitrogens with zero attached hydrogens (tertiary/aromatic N) is 2. The van der Waals surface area contributed by atoms with E-state index in [4.69, 9.17) is 0 Å². The highest BCUT2D eigenvalue weighted by molar-refractivity contribution is 7.89. The molecule has 3 rings (SSSR count). The topological polar surface area (TPSA) is 76.0 Å². The number of nitrogens with one attached hydrogen (secondary N) is 2. The van der Waals surface area contributed by atoms with Crippen LogP contribution < -0.4 is 10.0 Å². The number of rotatable bonds is 4. The van der Waals surface area contributed by atoms with Crippen LogP contribution in [0.4, 0.5) is 4.39 Å². The summed E-state index contributed by atoms with van der Waals surface area (Å²) in [5.41, 5.74) is 0.208. The predicted molar refractivity (Wildman–Crippen MR) is 70.5 cm³/mol. The Morgan fingerprint density at radius 2 is 2.10 bits per heavy atom. The van der Waals surface area contributed by atoms with E-state index < -0.39 is 15.8 Å². The molecule has 1 aromatic heterocycles. The first-order valence-electron chi connectivity index (χ1n) is 6.09. The van der Waals surface area contributed by atoms with Crippen LogP contribution in [0.15, 0.2) is 41.6 Å². The van der Waals surface area contributed by atoms with E-state index in [-0.39, 0.29) is 16.6 Å². The molecule has 8 heteroatoms. The molecule has 2 aromatic rings. The molecule has 1 aromatic carbocycles. The lowest BCUT2D eigenvalue weighted by atomic mass is 10.2. The molecule has 0 aliphatic carbocycles. The van der Waals surface area contributed by atoms with Gasteiger partial charge in [-0.1, -0.05) is 12.1 Å². The summed E-state index contributed by atoms with van der Waals surface area (Å²) >= 11 is 0. The van der Waals surface area contributed by atoms with Crippen molar-refractivity contribution in [2.75, 3.05) is 13.1 Å². The zero-order valence-corrected chi connectivity index (χ0v) is 11.3. The molecule has 0 saturated carbocycles. The van der Waals surface area contributed by atoms with Gasteiger partial charge in [-0.15, -0.1) is 0 Å². The van der Waals surface area contributed by atoms with Crippen LogP contribution in [0.2, 0.25) is 0 Å². The number of aromatic nitrogens is 2. The van der Waals surface area contributed by atoms with Crippen molar-refractivity contribution in [2.24, 2.45) is 0 Å². The van der Waals surface area contributed by atoms with Crippen LogP contribution in [-0.2, 0) is 10.0 Å². The van der Waals surface area contributed by atoms with Crippen molar-refractivity contribution in [3.05, 3.63) is 42.5 Å². The molecule has 106 valence electrons. The lowest BCUT2D eigenvalue weighted by Gasteiger charge is -2.27. The van der Waals surface area contributed by atoms with Crippen LogP contribution in [0.1, 0.15) is 0 Å². The van der Waals surface area contributed by atoms with Crippen LogP contribution >= 0.6 is 0 Å². The monoisotopic (exact) mass is 296 g/mol. The molecule has 0 amide bonds. The summed E-state index contributed by atoms with van der Waals surface area (Å²) in [4.78, 5) is 0.0210. The molecule has 6 nitrogen and oxygen atoms in total. The highest BCUT2D eigenvalue weighted by Crippen LogP contribution is 2.15. The van der Waals surface area contributed by atoms with Gasteiger partial charge in [-0.2, -0.15) is 5.10 Å². The molecule has 0 spiro atoms. The highest BCUT2D eigenvalue weighted by atomic mass is 32.2. The third-order valence-corrected chi connectivity index (χ3v) is 4.55. The van der Waals surface area contributed by atoms with Crippen LogP contribution in [0.3, 0.4) is 0 Å². The molecule has 0 unspecified atom stereocenters. The maximum atomic E-state index is 13.6. The van der Waals surface area contributed by atoms with Gasteiger partial charge in [0.1, 0.15) is 16.4 Å². The molecule has 1 saturated heterocycles. The fraction of sp³-hybridized carbons (Fsp3) is 0.250. The van der Waals surface area contributed by atoms with E-state index in [9.17, 15) is 12.8 Å². The van der Waals surface area contributed by atoms with Gasteiger partial charge in [0.2, 0.25) is 10.0 Å². The Bertz CT molecular complexity index is 725. The first-order valence-corrected chi connectivity index (χ1v) is 7.57. The molecule has 1 fully saturated rings. The molecule has 2 heterocycles. The molecule has 0 radical (unpaired) electrons. The standard InChI is InChI=1S/C12H13FN4O2S/c13-11-3-1-2-4-12(11)17-8-10(7-15-17)20(18,19)16-9-5-14-6-9/h1-4,7-9,14,16H,5-6H2. The predicted octanol–water partition coefficient (Wildman–Crippen LogP) is 0.261. The number of hydrogen-bond acceptors (Lipinski definition) is 4. The van der Waals surface area contributed by atoms with E-state index in [2.05, 4.69) is 15.1 Å². The van der Waals surface area contributed by atoms with Gasteiger partial charge >= 0.3 is 0 Å². The number of para-hydroxylation sites is 1. The number of benzene rings is 1. The molecule has 0 bridgehead atoms. The van der Waals surface area contributed by atoms with Gasteiger partial charge in [-0.25, -0.2) is 22.2 Å². The Hall–Kier alpha value is -1.77. The van der Waals surface area contributed by atoms with Crippen LogP contribution in [-0.4, -0.2) is 37.3 Å². The number of sulfonamides is 1. The Labute approximate surface area is 115 Å². The average Bonchev–Trinajstić information content (AvgIpc) is 2.85. The summed E-state index contributed by atoms with van der Waals surface area (Å²) < 4.78 is 41.5. The van der Waals surface area contributed by atoms with Crippen molar-refractivity contribution in [1.82, 2.24) is 19.8 Å². The molecular weight excluding hydrogens is 283 g/mol. The highest BCUT2D eigenvalue weighted by Gasteiger charge is 2.25. The molecule has 0 atom stereocenters. The van der Waals surface area contributed by atoms with Crippen molar-refractivity contribution in [2.45, 2.75) is 10.9 Å². The van der Waals surface area contributed by atoms with Crippen molar-refractivity contribution >= 4 is 10.0 Å². The Kier molecular flexibility index (Phi) is 3.28. The van der Waals surface area contributed by atoms with Gasteiger partial charge in [0, 0.05) is 19.1 Å². The second-order valence-corrected chi connectivity index (χ2v) is 6.26. The van der Waals surface area contributed by atoms with Crippen molar-refractivity contribution in [3.8, 4) is 5.69 Å². The maximum Gasteiger partial charge on any atom is 0.244 e.